The largest absolute Gasteiger partial charge is 0.467 e. The second-order valence-electron chi connectivity index (χ2n) is 8.32. The van der Waals surface area contributed by atoms with Crippen molar-refractivity contribution in [3.05, 3.63) is 113 Å². The van der Waals surface area contributed by atoms with Crippen LogP contribution in [-0.2, 0) is 23.2 Å². The summed E-state index contributed by atoms with van der Waals surface area (Å²) in [6, 6.07) is 19.7. The summed E-state index contributed by atoms with van der Waals surface area (Å²) in [5.74, 6) is 0.119. The summed E-state index contributed by atoms with van der Waals surface area (Å²) in [6.45, 7) is 4.25. The van der Waals surface area contributed by atoms with Crippen LogP contribution < -0.4 is 9.50 Å². The zero-order chi connectivity index (χ0) is 25.7. The highest BCUT2D eigenvalue weighted by molar-refractivity contribution is 7.87. The van der Waals surface area contributed by atoms with E-state index in [4.69, 9.17) is 8.60 Å². The van der Waals surface area contributed by atoms with E-state index in [1.807, 2.05) is 32.0 Å². The van der Waals surface area contributed by atoms with Crippen LogP contribution in [0.2, 0.25) is 0 Å². The molecule has 4 rings (SSSR count). The molecular formula is C27H25FN2O5S. The number of hydrogen-bond acceptors (Lipinski definition) is 5. The average Bonchev–Trinajstić information content (AvgIpc) is 3.34. The average molecular weight is 509 g/mol. The molecule has 0 fully saturated rings. The summed E-state index contributed by atoms with van der Waals surface area (Å²) >= 11 is 0. The van der Waals surface area contributed by atoms with Crippen LogP contribution in [0.5, 0.6) is 5.75 Å². The van der Waals surface area contributed by atoms with E-state index in [9.17, 15) is 17.6 Å². The van der Waals surface area contributed by atoms with E-state index in [2.05, 4.69) is 5.32 Å². The Kier molecular flexibility index (Phi) is 7.40. The van der Waals surface area contributed by atoms with Gasteiger partial charge in [0.15, 0.2) is 0 Å². The van der Waals surface area contributed by atoms with E-state index in [0.29, 0.717) is 17.0 Å². The number of hydrogen-bond donors (Lipinski definition) is 1. The Morgan fingerprint density at radius 2 is 1.75 bits per heavy atom. The maximum Gasteiger partial charge on any atom is 0.339 e. The Balaban J connectivity index is 1.54. The molecule has 36 heavy (non-hydrogen) atoms. The van der Waals surface area contributed by atoms with Crippen molar-refractivity contribution in [2.75, 3.05) is 5.32 Å². The Morgan fingerprint density at radius 3 is 2.44 bits per heavy atom. The lowest BCUT2D eigenvalue weighted by atomic mass is 10.1. The monoisotopic (exact) mass is 508 g/mol. The van der Waals surface area contributed by atoms with Crippen molar-refractivity contribution in [1.29, 1.82) is 0 Å². The number of urea groups is 1. The Bertz CT molecular complexity index is 1450. The number of rotatable bonds is 8. The molecule has 0 spiro atoms. The summed E-state index contributed by atoms with van der Waals surface area (Å²) in [5, 5.41) is 2.94. The summed E-state index contributed by atoms with van der Waals surface area (Å²) in [4.78, 5) is 14.6. The van der Waals surface area contributed by atoms with Gasteiger partial charge < -0.3 is 18.8 Å². The maximum atomic E-state index is 13.2. The standard InChI is InChI=1S/C27H25FN2O5S/c1-19-8-13-26(20(2)15-19)29-27(31)30(18-24-7-4-14-34-24)17-21-5-3-6-23(16-21)35-36(32,33)25-11-9-22(28)10-12-25/h3-16H,17-18H2,1-2H3,(H,29,31). The van der Waals surface area contributed by atoms with Gasteiger partial charge >= 0.3 is 16.1 Å². The van der Waals surface area contributed by atoms with Crippen LogP contribution in [0.25, 0.3) is 0 Å². The minimum absolute atomic E-state index is 0.0737. The molecule has 4 aromatic rings. The van der Waals surface area contributed by atoms with E-state index in [1.165, 1.54) is 12.3 Å². The molecule has 9 heteroatoms. The molecule has 1 N–H and O–H groups in total. The first-order valence-corrected chi connectivity index (χ1v) is 12.5. The lowest BCUT2D eigenvalue weighted by molar-refractivity contribution is 0.201. The second-order valence-corrected chi connectivity index (χ2v) is 9.87. The zero-order valence-electron chi connectivity index (χ0n) is 19.8. The van der Waals surface area contributed by atoms with Gasteiger partial charge in [0.2, 0.25) is 0 Å². The molecule has 0 atom stereocenters. The van der Waals surface area contributed by atoms with Gasteiger partial charge in [0.05, 0.1) is 12.8 Å². The van der Waals surface area contributed by atoms with Gasteiger partial charge in [-0.15, -0.1) is 0 Å². The van der Waals surface area contributed by atoms with Crippen molar-refractivity contribution < 1.29 is 26.2 Å². The van der Waals surface area contributed by atoms with Crippen LogP contribution in [0.1, 0.15) is 22.5 Å². The number of carbonyl (C=O) groups is 1. The minimum atomic E-state index is -4.16. The molecular weight excluding hydrogens is 483 g/mol. The number of furan rings is 1. The number of anilines is 1. The van der Waals surface area contributed by atoms with Crippen LogP contribution in [0.15, 0.2) is 94.4 Å². The first kappa shape index (κ1) is 25.0. The number of halogens is 1. The SMILES string of the molecule is Cc1ccc(NC(=O)N(Cc2cccc(OS(=O)(=O)c3ccc(F)cc3)c2)Cc2ccco2)c(C)c1. The third-order valence-electron chi connectivity index (χ3n) is 5.42. The molecule has 0 bridgehead atoms. The predicted octanol–water partition coefficient (Wildman–Crippen LogP) is 6.04. The first-order valence-electron chi connectivity index (χ1n) is 11.1. The van der Waals surface area contributed by atoms with E-state index >= 15 is 0 Å². The van der Waals surface area contributed by atoms with Crippen LogP contribution in [0.4, 0.5) is 14.9 Å². The molecule has 0 saturated carbocycles. The van der Waals surface area contributed by atoms with Crippen LogP contribution in [-0.4, -0.2) is 19.3 Å². The Hall–Kier alpha value is -4.11. The van der Waals surface area contributed by atoms with Crippen LogP contribution in [0, 0.1) is 19.7 Å². The van der Waals surface area contributed by atoms with Crippen LogP contribution in [0.3, 0.4) is 0 Å². The zero-order valence-corrected chi connectivity index (χ0v) is 20.6. The highest BCUT2D eigenvalue weighted by atomic mass is 32.2. The van der Waals surface area contributed by atoms with Crippen molar-refractivity contribution in [1.82, 2.24) is 4.90 Å². The molecule has 0 aliphatic carbocycles. The number of nitrogens with one attached hydrogen (secondary N) is 1. The van der Waals surface area contributed by atoms with Crippen molar-refractivity contribution in [3.8, 4) is 5.75 Å². The molecule has 2 amide bonds. The van der Waals surface area contributed by atoms with Gasteiger partial charge in [-0.3, -0.25) is 0 Å². The molecule has 186 valence electrons. The van der Waals surface area contributed by atoms with Gasteiger partial charge in [0.25, 0.3) is 0 Å². The number of aryl methyl sites for hydroxylation is 2. The van der Waals surface area contributed by atoms with Crippen molar-refractivity contribution in [2.45, 2.75) is 31.8 Å². The maximum absolute atomic E-state index is 13.2. The number of nitrogens with zero attached hydrogens (tertiary/aromatic N) is 1. The fraction of sp³-hybridized carbons (Fsp3) is 0.148. The summed E-state index contributed by atoms with van der Waals surface area (Å²) in [7, 11) is -4.16. The third-order valence-corrected chi connectivity index (χ3v) is 6.68. The fourth-order valence-electron chi connectivity index (χ4n) is 3.63. The third kappa shape index (κ3) is 6.31. The molecule has 0 saturated heterocycles. The lowest BCUT2D eigenvalue weighted by Crippen LogP contribution is -2.34. The highest BCUT2D eigenvalue weighted by Crippen LogP contribution is 2.23. The van der Waals surface area contributed by atoms with E-state index < -0.39 is 15.9 Å². The summed E-state index contributed by atoms with van der Waals surface area (Å²) in [5.41, 5.74) is 3.36. The molecule has 0 aliphatic heterocycles. The molecule has 0 aliphatic rings. The van der Waals surface area contributed by atoms with Gasteiger partial charge in [0.1, 0.15) is 22.2 Å². The van der Waals surface area contributed by atoms with Gasteiger partial charge in [-0.1, -0.05) is 29.8 Å². The van der Waals surface area contributed by atoms with E-state index in [0.717, 1.165) is 35.4 Å². The normalized spacial score (nSPS) is 11.2. The van der Waals surface area contributed by atoms with Gasteiger partial charge in [-0.25, -0.2) is 9.18 Å². The van der Waals surface area contributed by atoms with Crippen molar-refractivity contribution >= 4 is 21.8 Å². The highest BCUT2D eigenvalue weighted by Gasteiger charge is 2.20. The summed E-state index contributed by atoms with van der Waals surface area (Å²) in [6.07, 6.45) is 1.53. The molecule has 0 unspecified atom stereocenters. The van der Waals surface area contributed by atoms with Crippen LogP contribution >= 0.6 is 0 Å². The molecule has 1 aromatic heterocycles. The van der Waals surface area contributed by atoms with Crippen molar-refractivity contribution in [3.63, 3.8) is 0 Å². The van der Waals surface area contributed by atoms with E-state index in [1.54, 1.807) is 35.2 Å². The summed E-state index contributed by atoms with van der Waals surface area (Å²) < 4.78 is 49.0. The molecule has 7 nitrogen and oxygen atoms in total. The van der Waals surface area contributed by atoms with Gasteiger partial charge in [-0.2, -0.15) is 8.42 Å². The Labute approximate surface area is 209 Å². The topological polar surface area (TPSA) is 88.9 Å². The molecule has 0 radical (unpaired) electrons. The van der Waals surface area contributed by atoms with Crippen molar-refractivity contribution in [2.24, 2.45) is 0 Å². The number of carbonyl (C=O) groups excluding carboxylic acids is 1. The molecule has 3 aromatic carbocycles. The molecule has 1 heterocycles. The Morgan fingerprint density at radius 1 is 0.972 bits per heavy atom. The first-order chi connectivity index (χ1) is 17.2. The fourth-order valence-corrected chi connectivity index (χ4v) is 4.55. The minimum Gasteiger partial charge on any atom is -0.467 e. The quantitative estimate of drug-likeness (QED) is 0.293. The number of amides is 2. The number of benzene rings is 3. The van der Waals surface area contributed by atoms with Gasteiger partial charge in [-0.05, 0) is 79.6 Å². The lowest BCUT2D eigenvalue weighted by Gasteiger charge is -2.23. The van der Waals surface area contributed by atoms with Gasteiger partial charge in [0, 0.05) is 12.2 Å². The van der Waals surface area contributed by atoms with E-state index in [-0.39, 0.29) is 29.8 Å². The smallest absolute Gasteiger partial charge is 0.339 e. The second kappa shape index (κ2) is 10.7. The predicted molar refractivity (Wildman–Crippen MR) is 134 cm³/mol.